The third-order valence-corrected chi connectivity index (χ3v) is 5.02. The van der Waals surface area contributed by atoms with Crippen LogP contribution in [0.3, 0.4) is 0 Å². The summed E-state index contributed by atoms with van der Waals surface area (Å²) in [5.74, 6) is -1.10. The smallest absolute Gasteiger partial charge is 0.136 e. The van der Waals surface area contributed by atoms with Crippen LogP contribution in [0.2, 0.25) is 0 Å². The lowest BCUT2D eigenvalue weighted by atomic mass is 10.1. The van der Waals surface area contributed by atoms with Crippen molar-refractivity contribution in [2.45, 2.75) is 25.8 Å². The number of benzene rings is 1. The normalized spacial score (nSPS) is 15.0. The van der Waals surface area contributed by atoms with Gasteiger partial charge in [-0.1, -0.05) is 6.07 Å². The highest BCUT2D eigenvalue weighted by Crippen LogP contribution is 2.34. The zero-order valence-electron chi connectivity index (χ0n) is 12.3. The molecule has 1 aliphatic heterocycles. The number of nitrogens with zero attached hydrogens (tertiary/aromatic N) is 2. The van der Waals surface area contributed by atoms with E-state index in [0.29, 0.717) is 5.01 Å². The van der Waals surface area contributed by atoms with Crippen LogP contribution in [-0.2, 0) is 13.0 Å². The van der Waals surface area contributed by atoms with Gasteiger partial charge in [0.1, 0.15) is 16.6 Å². The second-order valence-electron chi connectivity index (χ2n) is 5.51. The third kappa shape index (κ3) is 3.19. The van der Waals surface area contributed by atoms with E-state index in [2.05, 4.69) is 9.88 Å². The highest BCUT2D eigenvalue weighted by molar-refractivity contribution is 7.15. The van der Waals surface area contributed by atoms with Gasteiger partial charge in [0.15, 0.2) is 0 Å². The monoisotopic (exact) mass is 323 g/mol. The molecule has 22 heavy (non-hydrogen) atoms. The Kier molecular flexibility index (Phi) is 4.81. The van der Waals surface area contributed by atoms with E-state index >= 15 is 0 Å². The lowest BCUT2D eigenvalue weighted by Crippen LogP contribution is -2.31. The molecule has 2 N–H and O–H groups in total. The Morgan fingerprint density at radius 1 is 1.23 bits per heavy atom. The number of hydrogen-bond donors (Lipinski definition) is 1. The van der Waals surface area contributed by atoms with Gasteiger partial charge in [-0.05, 0) is 38.1 Å². The molecule has 0 radical (unpaired) electrons. The first-order valence-corrected chi connectivity index (χ1v) is 8.36. The van der Waals surface area contributed by atoms with Gasteiger partial charge < -0.3 is 5.73 Å². The van der Waals surface area contributed by atoms with Crippen molar-refractivity contribution in [1.82, 2.24) is 9.88 Å². The van der Waals surface area contributed by atoms with Gasteiger partial charge in [0, 0.05) is 24.4 Å². The second kappa shape index (κ2) is 6.81. The molecule has 0 amide bonds. The molecule has 1 aromatic heterocycles. The van der Waals surface area contributed by atoms with E-state index in [1.165, 1.54) is 29.5 Å². The minimum atomic E-state index is -0.550. The minimum absolute atomic E-state index is 0.00317. The first kappa shape index (κ1) is 15.5. The highest BCUT2D eigenvalue weighted by Gasteiger charge is 2.23. The number of halogens is 2. The van der Waals surface area contributed by atoms with Crippen molar-refractivity contribution < 1.29 is 8.78 Å². The van der Waals surface area contributed by atoms with Crippen LogP contribution in [0.4, 0.5) is 8.78 Å². The standard InChI is InChI=1S/C16H19F2N3S/c17-11-4-3-5-12(18)15(11)16-20-13-6-9-21(8-2-1-7-19)10-14(13)22-16/h3-5H,1-2,6-10,19H2. The van der Waals surface area contributed by atoms with E-state index < -0.39 is 11.6 Å². The number of rotatable bonds is 5. The summed E-state index contributed by atoms with van der Waals surface area (Å²) in [4.78, 5) is 7.95. The summed E-state index contributed by atoms with van der Waals surface area (Å²) >= 11 is 1.40. The molecule has 1 aromatic carbocycles. The van der Waals surface area contributed by atoms with Gasteiger partial charge in [-0.15, -0.1) is 11.3 Å². The van der Waals surface area contributed by atoms with Crippen molar-refractivity contribution in [1.29, 1.82) is 0 Å². The van der Waals surface area contributed by atoms with Crippen molar-refractivity contribution in [3.05, 3.63) is 40.4 Å². The number of aromatic nitrogens is 1. The Bertz CT molecular complexity index is 637. The maximum absolute atomic E-state index is 13.9. The topological polar surface area (TPSA) is 42.1 Å². The number of unbranched alkanes of at least 4 members (excludes halogenated alkanes) is 1. The maximum Gasteiger partial charge on any atom is 0.136 e. The molecule has 3 nitrogen and oxygen atoms in total. The summed E-state index contributed by atoms with van der Waals surface area (Å²) in [5, 5.41) is 0.449. The van der Waals surface area contributed by atoms with Crippen molar-refractivity contribution in [2.24, 2.45) is 5.73 Å². The molecule has 0 atom stereocenters. The minimum Gasteiger partial charge on any atom is -0.330 e. The number of fused-ring (bicyclic) bond motifs is 1. The van der Waals surface area contributed by atoms with Crippen LogP contribution < -0.4 is 5.73 Å². The highest BCUT2D eigenvalue weighted by atomic mass is 32.1. The zero-order chi connectivity index (χ0) is 15.5. The SMILES string of the molecule is NCCCCN1CCc2nc(-c3c(F)cccc3F)sc2C1. The largest absolute Gasteiger partial charge is 0.330 e. The van der Waals surface area contributed by atoms with Crippen LogP contribution in [0.5, 0.6) is 0 Å². The lowest BCUT2D eigenvalue weighted by molar-refractivity contribution is 0.251. The molecule has 6 heteroatoms. The Morgan fingerprint density at radius 3 is 2.73 bits per heavy atom. The summed E-state index contributed by atoms with van der Waals surface area (Å²) in [6, 6.07) is 3.93. The summed E-state index contributed by atoms with van der Waals surface area (Å²) in [5.41, 5.74) is 6.50. The molecule has 3 rings (SSSR count). The molecule has 1 aliphatic rings. The predicted molar refractivity (Wildman–Crippen MR) is 84.7 cm³/mol. The molecular formula is C16H19F2N3S. The molecule has 2 heterocycles. The Balaban J connectivity index is 1.79. The average molecular weight is 323 g/mol. The molecule has 118 valence electrons. The fraction of sp³-hybridized carbons (Fsp3) is 0.438. The van der Waals surface area contributed by atoms with Crippen LogP contribution in [0.25, 0.3) is 10.6 Å². The zero-order valence-corrected chi connectivity index (χ0v) is 13.1. The first-order chi connectivity index (χ1) is 10.7. The molecule has 0 bridgehead atoms. The van der Waals surface area contributed by atoms with E-state index in [1.807, 2.05) is 0 Å². The summed E-state index contributed by atoms with van der Waals surface area (Å²) in [6.07, 6.45) is 2.95. The van der Waals surface area contributed by atoms with Crippen molar-refractivity contribution in [3.8, 4) is 10.6 Å². The fourth-order valence-corrected chi connectivity index (χ4v) is 3.93. The van der Waals surface area contributed by atoms with Gasteiger partial charge >= 0.3 is 0 Å². The van der Waals surface area contributed by atoms with Crippen molar-refractivity contribution in [3.63, 3.8) is 0 Å². The van der Waals surface area contributed by atoms with Crippen LogP contribution in [-0.4, -0.2) is 29.5 Å². The summed E-state index contributed by atoms with van der Waals surface area (Å²) < 4.78 is 27.8. The maximum atomic E-state index is 13.9. The van der Waals surface area contributed by atoms with E-state index in [0.717, 1.165) is 56.0 Å². The number of hydrogen-bond acceptors (Lipinski definition) is 4. The second-order valence-corrected chi connectivity index (χ2v) is 6.59. The van der Waals surface area contributed by atoms with Crippen LogP contribution >= 0.6 is 11.3 Å². The van der Waals surface area contributed by atoms with Gasteiger partial charge in [-0.3, -0.25) is 4.90 Å². The molecule has 0 saturated heterocycles. The Labute approximate surface area is 132 Å². The Morgan fingerprint density at radius 2 is 2.00 bits per heavy atom. The molecule has 0 fully saturated rings. The van der Waals surface area contributed by atoms with E-state index in [9.17, 15) is 8.78 Å². The number of thiazole rings is 1. The van der Waals surface area contributed by atoms with E-state index in [4.69, 9.17) is 5.73 Å². The molecule has 0 unspecified atom stereocenters. The van der Waals surface area contributed by atoms with Gasteiger partial charge in [-0.2, -0.15) is 0 Å². The molecule has 0 saturated carbocycles. The third-order valence-electron chi connectivity index (χ3n) is 3.92. The van der Waals surface area contributed by atoms with Crippen molar-refractivity contribution >= 4 is 11.3 Å². The molecule has 0 aliphatic carbocycles. The van der Waals surface area contributed by atoms with Gasteiger partial charge in [0.05, 0.1) is 11.3 Å². The summed E-state index contributed by atoms with van der Waals surface area (Å²) in [6.45, 7) is 3.49. The van der Waals surface area contributed by atoms with E-state index in [1.54, 1.807) is 0 Å². The van der Waals surface area contributed by atoms with Gasteiger partial charge in [-0.25, -0.2) is 13.8 Å². The fourth-order valence-electron chi connectivity index (χ4n) is 2.73. The molecule has 0 spiro atoms. The van der Waals surface area contributed by atoms with Gasteiger partial charge in [0.2, 0.25) is 0 Å². The van der Waals surface area contributed by atoms with Gasteiger partial charge in [0.25, 0.3) is 0 Å². The van der Waals surface area contributed by atoms with Crippen LogP contribution in [0, 0.1) is 11.6 Å². The lowest BCUT2D eigenvalue weighted by Gasteiger charge is -2.25. The average Bonchev–Trinajstić information content (AvgIpc) is 2.90. The molecular weight excluding hydrogens is 304 g/mol. The first-order valence-electron chi connectivity index (χ1n) is 7.54. The van der Waals surface area contributed by atoms with E-state index in [-0.39, 0.29) is 5.56 Å². The molecule has 2 aromatic rings. The van der Waals surface area contributed by atoms with Crippen LogP contribution in [0.15, 0.2) is 18.2 Å². The summed E-state index contributed by atoms with van der Waals surface area (Å²) in [7, 11) is 0. The van der Waals surface area contributed by atoms with Crippen LogP contribution in [0.1, 0.15) is 23.4 Å². The Hall–Kier alpha value is -1.37. The quantitative estimate of drug-likeness (QED) is 0.859. The predicted octanol–water partition coefficient (Wildman–Crippen LogP) is 3.19. The van der Waals surface area contributed by atoms with Crippen molar-refractivity contribution in [2.75, 3.05) is 19.6 Å². The number of nitrogens with two attached hydrogens (primary N) is 1.